The van der Waals surface area contributed by atoms with Crippen molar-refractivity contribution in [1.29, 1.82) is 0 Å². The molecule has 2 nitrogen and oxygen atoms in total. The fourth-order valence-corrected chi connectivity index (χ4v) is 3.47. The number of hydrogen-bond donors (Lipinski definition) is 1. The average molecular weight is 229 g/mol. The van der Waals surface area contributed by atoms with Crippen LogP contribution in [0, 0.1) is 0 Å². The van der Waals surface area contributed by atoms with Crippen LogP contribution in [0.5, 0.6) is 0 Å². The van der Waals surface area contributed by atoms with Gasteiger partial charge in [0.1, 0.15) is 0 Å². The van der Waals surface area contributed by atoms with E-state index < -0.39 is 0 Å². The van der Waals surface area contributed by atoms with Gasteiger partial charge in [0.25, 0.3) is 0 Å². The van der Waals surface area contributed by atoms with E-state index in [1.807, 2.05) is 18.8 Å². The molecular weight excluding hydrogens is 214 g/mol. The highest BCUT2D eigenvalue weighted by Crippen LogP contribution is 2.27. The van der Waals surface area contributed by atoms with E-state index in [9.17, 15) is 0 Å². The molecule has 0 aliphatic carbocycles. The van der Waals surface area contributed by atoms with Crippen LogP contribution in [0.15, 0.2) is 17.5 Å². The molecule has 2 atom stereocenters. The zero-order valence-electron chi connectivity index (χ0n) is 8.23. The first kappa shape index (κ1) is 10.5. The SMILES string of the molecule is CNC(c1cccs1)C1CSCCO1. The zero-order chi connectivity index (χ0) is 9.80. The van der Waals surface area contributed by atoms with E-state index in [0.717, 1.165) is 18.1 Å². The number of likely N-dealkylation sites (N-methyl/N-ethyl adjacent to an activating group) is 1. The molecule has 1 fully saturated rings. The predicted molar refractivity (Wildman–Crippen MR) is 63.2 cm³/mol. The van der Waals surface area contributed by atoms with Gasteiger partial charge in [-0.15, -0.1) is 11.3 Å². The maximum atomic E-state index is 5.78. The van der Waals surface area contributed by atoms with Crippen LogP contribution < -0.4 is 5.32 Å². The lowest BCUT2D eigenvalue weighted by Gasteiger charge is -2.29. The van der Waals surface area contributed by atoms with E-state index in [0.29, 0.717) is 12.1 Å². The van der Waals surface area contributed by atoms with Gasteiger partial charge in [0, 0.05) is 16.4 Å². The largest absolute Gasteiger partial charge is 0.374 e. The Bertz CT molecular complexity index is 257. The molecule has 0 saturated carbocycles. The highest BCUT2D eigenvalue weighted by molar-refractivity contribution is 7.99. The molecule has 78 valence electrons. The number of thiophene rings is 1. The number of hydrogen-bond acceptors (Lipinski definition) is 4. The smallest absolute Gasteiger partial charge is 0.0868 e. The van der Waals surface area contributed by atoms with Crippen molar-refractivity contribution in [3.8, 4) is 0 Å². The third-order valence-electron chi connectivity index (χ3n) is 2.37. The first-order valence-corrected chi connectivity index (χ1v) is 6.85. The molecule has 1 N–H and O–H groups in total. The topological polar surface area (TPSA) is 21.3 Å². The predicted octanol–water partition coefficient (Wildman–Crippen LogP) is 2.14. The van der Waals surface area contributed by atoms with Crippen molar-refractivity contribution in [2.75, 3.05) is 25.2 Å². The summed E-state index contributed by atoms with van der Waals surface area (Å²) in [6, 6.07) is 4.64. The first-order chi connectivity index (χ1) is 6.92. The third-order valence-corrected chi connectivity index (χ3v) is 4.35. The van der Waals surface area contributed by atoms with Crippen molar-refractivity contribution >= 4 is 23.1 Å². The maximum absolute atomic E-state index is 5.78. The van der Waals surface area contributed by atoms with Crippen molar-refractivity contribution in [2.45, 2.75) is 12.1 Å². The molecule has 0 spiro atoms. The van der Waals surface area contributed by atoms with E-state index in [-0.39, 0.29) is 0 Å². The maximum Gasteiger partial charge on any atom is 0.0868 e. The lowest BCUT2D eigenvalue weighted by atomic mass is 10.1. The molecule has 1 saturated heterocycles. The van der Waals surface area contributed by atoms with Gasteiger partial charge in [-0.05, 0) is 18.5 Å². The van der Waals surface area contributed by atoms with Crippen LogP contribution in [0.25, 0.3) is 0 Å². The monoisotopic (exact) mass is 229 g/mol. The highest BCUT2D eigenvalue weighted by atomic mass is 32.2. The number of rotatable bonds is 3. The second-order valence-corrected chi connectivity index (χ2v) is 5.40. The first-order valence-electron chi connectivity index (χ1n) is 4.82. The van der Waals surface area contributed by atoms with Gasteiger partial charge < -0.3 is 10.1 Å². The molecule has 0 aromatic carbocycles. The fourth-order valence-electron chi connectivity index (χ4n) is 1.68. The summed E-state index contributed by atoms with van der Waals surface area (Å²) >= 11 is 3.78. The molecule has 2 heterocycles. The molecule has 2 unspecified atom stereocenters. The van der Waals surface area contributed by atoms with Crippen LogP contribution in [0.2, 0.25) is 0 Å². The van der Waals surface area contributed by atoms with Crippen molar-refractivity contribution in [3.05, 3.63) is 22.4 Å². The molecule has 0 amide bonds. The van der Waals surface area contributed by atoms with Gasteiger partial charge in [0.2, 0.25) is 0 Å². The molecule has 4 heteroatoms. The lowest BCUT2D eigenvalue weighted by Crippen LogP contribution is -2.36. The Balaban J connectivity index is 2.04. The Hall–Kier alpha value is -0.0300. The standard InChI is InChI=1S/C10H15NOS2/c1-11-10(9-3-2-5-14-9)8-7-13-6-4-12-8/h2-3,5,8,10-11H,4,6-7H2,1H3. The normalized spacial score (nSPS) is 24.8. The summed E-state index contributed by atoms with van der Waals surface area (Å²) in [6.07, 6.45) is 0.331. The molecule has 0 bridgehead atoms. The Labute approximate surface area is 93.0 Å². The second kappa shape index (κ2) is 5.16. The molecule has 1 aromatic rings. The van der Waals surface area contributed by atoms with Crippen LogP contribution in [0.3, 0.4) is 0 Å². The van der Waals surface area contributed by atoms with Crippen molar-refractivity contribution < 1.29 is 4.74 Å². The Kier molecular flexibility index (Phi) is 3.87. The lowest BCUT2D eigenvalue weighted by molar-refractivity contribution is 0.0497. The summed E-state index contributed by atoms with van der Waals surface area (Å²) in [5, 5.41) is 5.47. The van der Waals surface area contributed by atoms with Gasteiger partial charge >= 0.3 is 0 Å². The average Bonchev–Trinajstić information content (AvgIpc) is 2.74. The third kappa shape index (κ3) is 2.31. The van der Waals surface area contributed by atoms with E-state index in [2.05, 4.69) is 22.8 Å². The van der Waals surface area contributed by atoms with Crippen LogP contribution >= 0.6 is 23.1 Å². The van der Waals surface area contributed by atoms with E-state index in [4.69, 9.17) is 4.74 Å². The second-order valence-electron chi connectivity index (χ2n) is 3.27. The minimum Gasteiger partial charge on any atom is -0.374 e. The van der Waals surface area contributed by atoms with Crippen molar-refractivity contribution in [2.24, 2.45) is 0 Å². The zero-order valence-corrected chi connectivity index (χ0v) is 9.87. The van der Waals surface area contributed by atoms with Crippen molar-refractivity contribution in [1.82, 2.24) is 5.32 Å². The highest BCUT2D eigenvalue weighted by Gasteiger charge is 2.25. The van der Waals surface area contributed by atoms with Crippen LogP contribution in [-0.4, -0.2) is 31.3 Å². The number of nitrogens with one attached hydrogen (secondary N) is 1. The van der Waals surface area contributed by atoms with Crippen molar-refractivity contribution in [3.63, 3.8) is 0 Å². The van der Waals surface area contributed by atoms with Gasteiger partial charge in [-0.25, -0.2) is 0 Å². The Morgan fingerprint density at radius 2 is 2.57 bits per heavy atom. The van der Waals surface area contributed by atoms with E-state index in [1.165, 1.54) is 4.88 Å². The van der Waals surface area contributed by atoms with Crippen LogP contribution in [-0.2, 0) is 4.74 Å². The van der Waals surface area contributed by atoms with Gasteiger partial charge in [0.15, 0.2) is 0 Å². The summed E-state index contributed by atoms with van der Waals surface area (Å²) in [5.74, 6) is 2.24. The molecule has 1 aromatic heterocycles. The van der Waals surface area contributed by atoms with Gasteiger partial charge in [0.05, 0.1) is 18.8 Å². The number of thioether (sulfide) groups is 1. The van der Waals surface area contributed by atoms with E-state index in [1.54, 1.807) is 11.3 Å². The van der Waals surface area contributed by atoms with Gasteiger partial charge in [-0.2, -0.15) is 11.8 Å². The van der Waals surface area contributed by atoms with Gasteiger partial charge in [-0.3, -0.25) is 0 Å². The Morgan fingerprint density at radius 1 is 1.64 bits per heavy atom. The molecule has 0 radical (unpaired) electrons. The fraction of sp³-hybridized carbons (Fsp3) is 0.600. The summed E-state index contributed by atoms with van der Waals surface area (Å²) in [4.78, 5) is 1.38. The van der Waals surface area contributed by atoms with Crippen LogP contribution in [0.1, 0.15) is 10.9 Å². The molecule has 1 aliphatic heterocycles. The summed E-state index contributed by atoms with van der Waals surface area (Å²) < 4.78 is 5.78. The quantitative estimate of drug-likeness (QED) is 0.858. The minimum atomic E-state index is 0.331. The molecule has 2 rings (SSSR count). The summed E-state index contributed by atoms with van der Waals surface area (Å²) in [7, 11) is 2.01. The summed E-state index contributed by atoms with van der Waals surface area (Å²) in [5.41, 5.74) is 0. The molecule has 14 heavy (non-hydrogen) atoms. The molecule has 1 aliphatic rings. The number of ether oxygens (including phenoxy) is 1. The minimum absolute atomic E-state index is 0.331. The van der Waals surface area contributed by atoms with Crippen LogP contribution in [0.4, 0.5) is 0 Å². The van der Waals surface area contributed by atoms with Gasteiger partial charge in [-0.1, -0.05) is 6.07 Å². The Morgan fingerprint density at radius 3 is 3.14 bits per heavy atom. The molecular formula is C10H15NOS2. The summed E-state index contributed by atoms with van der Waals surface area (Å²) in [6.45, 7) is 0.888. The van der Waals surface area contributed by atoms with E-state index >= 15 is 0 Å².